The Kier molecular flexibility index (Phi) is 3.37. The molecule has 2 heterocycles. The molecule has 94 valence electrons. The maximum absolute atomic E-state index is 12.0. The Morgan fingerprint density at radius 3 is 3.06 bits per heavy atom. The van der Waals surface area contributed by atoms with Crippen molar-refractivity contribution in [2.24, 2.45) is 5.41 Å². The van der Waals surface area contributed by atoms with E-state index >= 15 is 0 Å². The third kappa shape index (κ3) is 2.79. The van der Waals surface area contributed by atoms with Crippen LogP contribution in [0.1, 0.15) is 32.5 Å². The maximum atomic E-state index is 12.0. The molecule has 0 saturated carbocycles. The zero-order chi connectivity index (χ0) is 12.3. The molecular weight excluding hydrogens is 220 g/mol. The summed E-state index contributed by atoms with van der Waals surface area (Å²) >= 11 is 0. The van der Waals surface area contributed by atoms with Crippen molar-refractivity contribution in [3.05, 3.63) is 5.82 Å². The minimum absolute atomic E-state index is 0.000463. The van der Waals surface area contributed by atoms with Crippen LogP contribution in [0.5, 0.6) is 0 Å². The highest BCUT2D eigenvalue weighted by Crippen LogP contribution is 2.30. The van der Waals surface area contributed by atoms with Gasteiger partial charge in [-0.1, -0.05) is 19.1 Å². The van der Waals surface area contributed by atoms with Crippen LogP contribution in [0.2, 0.25) is 0 Å². The fraction of sp³-hybridized carbons (Fsp3) is 0.800. The number of hydrogen-bond donors (Lipinski definition) is 3. The van der Waals surface area contributed by atoms with Crippen molar-refractivity contribution in [1.29, 1.82) is 0 Å². The average Bonchev–Trinajstić information content (AvgIpc) is 2.78. The number of hydrogen-bond acceptors (Lipinski definition) is 5. The molecule has 1 aliphatic rings. The Bertz CT molecular complexity index is 374. The lowest BCUT2D eigenvalue weighted by Gasteiger charge is -2.38. The summed E-state index contributed by atoms with van der Waals surface area (Å²) in [5.41, 5.74) is -0.0143. The number of tetrazole rings is 1. The van der Waals surface area contributed by atoms with Gasteiger partial charge in [-0.2, -0.15) is 5.21 Å². The number of carbonyl (C=O) groups excluding carboxylic acids is 1. The lowest BCUT2D eigenvalue weighted by atomic mass is 9.77. The van der Waals surface area contributed by atoms with Crippen LogP contribution in [-0.4, -0.2) is 39.1 Å². The van der Waals surface area contributed by atoms with Crippen LogP contribution in [0.4, 0.5) is 0 Å². The van der Waals surface area contributed by atoms with Gasteiger partial charge in [-0.15, -0.1) is 10.2 Å². The van der Waals surface area contributed by atoms with Gasteiger partial charge in [0.15, 0.2) is 5.82 Å². The van der Waals surface area contributed by atoms with Gasteiger partial charge < -0.3 is 10.6 Å². The number of H-pyrrole nitrogens is 1. The van der Waals surface area contributed by atoms with Crippen LogP contribution in [0.25, 0.3) is 0 Å². The van der Waals surface area contributed by atoms with Crippen molar-refractivity contribution >= 4 is 5.91 Å². The van der Waals surface area contributed by atoms with Gasteiger partial charge in [-0.05, 0) is 24.8 Å². The highest BCUT2D eigenvalue weighted by Gasteiger charge is 2.36. The molecule has 0 aliphatic carbocycles. The second-order valence-electron chi connectivity index (χ2n) is 5.03. The van der Waals surface area contributed by atoms with Crippen LogP contribution in [0.15, 0.2) is 0 Å². The molecule has 7 heteroatoms. The molecule has 1 aromatic rings. The molecule has 1 atom stereocenters. The summed E-state index contributed by atoms with van der Waals surface area (Å²) in [5, 5.41) is 19.5. The van der Waals surface area contributed by atoms with Crippen molar-refractivity contribution in [3.63, 3.8) is 0 Å². The average molecular weight is 238 g/mol. The summed E-state index contributed by atoms with van der Waals surface area (Å²) in [6.45, 7) is 5.42. The molecule has 0 radical (unpaired) electrons. The van der Waals surface area contributed by atoms with E-state index in [9.17, 15) is 4.79 Å². The molecule has 1 aromatic heterocycles. The van der Waals surface area contributed by atoms with Crippen molar-refractivity contribution in [2.45, 2.75) is 39.3 Å². The lowest BCUT2D eigenvalue weighted by molar-refractivity contribution is -0.127. The number of aromatic nitrogens is 4. The Morgan fingerprint density at radius 2 is 2.41 bits per heavy atom. The van der Waals surface area contributed by atoms with E-state index in [0.29, 0.717) is 12.4 Å². The summed E-state index contributed by atoms with van der Waals surface area (Å²) < 4.78 is 0. The minimum Gasteiger partial charge on any atom is -0.347 e. The molecule has 1 fully saturated rings. The van der Waals surface area contributed by atoms with Crippen LogP contribution in [0, 0.1) is 5.41 Å². The largest absolute Gasteiger partial charge is 0.347 e. The van der Waals surface area contributed by atoms with Gasteiger partial charge in [0.05, 0.1) is 12.6 Å². The predicted molar refractivity (Wildman–Crippen MR) is 60.8 cm³/mol. The number of piperidine rings is 1. The van der Waals surface area contributed by atoms with E-state index in [1.54, 1.807) is 0 Å². The van der Waals surface area contributed by atoms with Crippen molar-refractivity contribution in [1.82, 2.24) is 31.3 Å². The van der Waals surface area contributed by atoms with E-state index < -0.39 is 0 Å². The van der Waals surface area contributed by atoms with E-state index in [0.717, 1.165) is 19.4 Å². The third-order valence-corrected chi connectivity index (χ3v) is 3.20. The number of nitrogens with one attached hydrogen (secondary N) is 3. The van der Waals surface area contributed by atoms with Gasteiger partial charge in [0, 0.05) is 0 Å². The molecule has 0 spiro atoms. The van der Waals surface area contributed by atoms with Gasteiger partial charge >= 0.3 is 0 Å². The Balaban J connectivity index is 1.90. The van der Waals surface area contributed by atoms with Gasteiger partial charge in [-0.25, -0.2) is 0 Å². The first-order valence-electron chi connectivity index (χ1n) is 5.83. The minimum atomic E-state index is -0.150. The molecule has 7 nitrogen and oxygen atoms in total. The SMILES string of the molecule is CC1(C)CCCNC1C(=O)NCc1nn[nH]n1. The highest BCUT2D eigenvalue weighted by molar-refractivity contribution is 5.82. The molecule has 1 unspecified atom stereocenters. The Morgan fingerprint density at radius 1 is 1.59 bits per heavy atom. The van der Waals surface area contributed by atoms with Crippen LogP contribution in [-0.2, 0) is 11.3 Å². The summed E-state index contributed by atoms with van der Waals surface area (Å²) in [6.07, 6.45) is 2.17. The zero-order valence-electron chi connectivity index (χ0n) is 10.2. The Labute approximate surface area is 99.7 Å². The van der Waals surface area contributed by atoms with E-state index in [2.05, 4.69) is 45.1 Å². The number of amides is 1. The summed E-state index contributed by atoms with van der Waals surface area (Å²) in [4.78, 5) is 12.0. The molecular formula is C10H18N6O. The fourth-order valence-electron chi connectivity index (χ4n) is 2.18. The Hall–Kier alpha value is -1.50. The summed E-state index contributed by atoms with van der Waals surface area (Å²) in [6, 6.07) is -0.150. The van der Waals surface area contributed by atoms with Crippen molar-refractivity contribution < 1.29 is 4.79 Å². The molecule has 0 bridgehead atoms. The molecule has 2 rings (SSSR count). The smallest absolute Gasteiger partial charge is 0.238 e. The quantitative estimate of drug-likeness (QED) is 0.665. The maximum Gasteiger partial charge on any atom is 0.238 e. The van der Waals surface area contributed by atoms with Gasteiger partial charge in [-0.3, -0.25) is 4.79 Å². The monoisotopic (exact) mass is 238 g/mol. The third-order valence-electron chi connectivity index (χ3n) is 3.20. The van der Waals surface area contributed by atoms with Gasteiger partial charge in [0.2, 0.25) is 5.91 Å². The van der Waals surface area contributed by atoms with E-state index in [1.165, 1.54) is 0 Å². The predicted octanol–water partition coefficient (Wildman–Crippen LogP) is -0.406. The zero-order valence-corrected chi connectivity index (χ0v) is 10.2. The van der Waals surface area contributed by atoms with Crippen LogP contribution < -0.4 is 10.6 Å². The topological polar surface area (TPSA) is 95.6 Å². The van der Waals surface area contributed by atoms with Crippen molar-refractivity contribution in [3.8, 4) is 0 Å². The molecule has 1 aliphatic heterocycles. The first-order chi connectivity index (χ1) is 8.09. The summed E-state index contributed by atoms with van der Waals surface area (Å²) in [5.74, 6) is 0.492. The number of aromatic amines is 1. The number of nitrogens with zero attached hydrogens (tertiary/aromatic N) is 3. The first-order valence-corrected chi connectivity index (χ1v) is 5.83. The van der Waals surface area contributed by atoms with E-state index in [1.807, 2.05) is 0 Å². The second-order valence-corrected chi connectivity index (χ2v) is 5.03. The number of rotatable bonds is 3. The molecule has 17 heavy (non-hydrogen) atoms. The van der Waals surface area contributed by atoms with Crippen LogP contribution >= 0.6 is 0 Å². The van der Waals surface area contributed by atoms with Crippen molar-refractivity contribution in [2.75, 3.05) is 6.54 Å². The van der Waals surface area contributed by atoms with E-state index in [-0.39, 0.29) is 17.4 Å². The van der Waals surface area contributed by atoms with Gasteiger partial charge in [0.25, 0.3) is 0 Å². The molecule has 0 aromatic carbocycles. The number of carbonyl (C=O) groups is 1. The molecule has 3 N–H and O–H groups in total. The standard InChI is InChI=1S/C10H18N6O/c1-10(2)4-3-5-11-8(10)9(17)12-6-7-13-15-16-14-7/h8,11H,3-6H2,1-2H3,(H,12,17)(H,13,14,15,16). The normalized spacial score (nSPS) is 23.3. The lowest BCUT2D eigenvalue weighted by Crippen LogP contribution is -2.55. The molecule has 1 saturated heterocycles. The molecule has 1 amide bonds. The van der Waals surface area contributed by atoms with Gasteiger partial charge in [0.1, 0.15) is 0 Å². The second kappa shape index (κ2) is 4.79. The first kappa shape index (κ1) is 12.0. The fourth-order valence-corrected chi connectivity index (χ4v) is 2.18. The highest BCUT2D eigenvalue weighted by atomic mass is 16.2. The van der Waals surface area contributed by atoms with E-state index in [4.69, 9.17) is 0 Å². The van der Waals surface area contributed by atoms with Crippen LogP contribution in [0.3, 0.4) is 0 Å². The summed E-state index contributed by atoms with van der Waals surface area (Å²) in [7, 11) is 0.